The number of carbonyl (C=O) groups is 1. The fourth-order valence-electron chi connectivity index (χ4n) is 0.642. The van der Waals surface area contributed by atoms with E-state index in [9.17, 15) is 4.79 Å². The lowest BCUT2D eigenvalue weighted by molar-refractivity contribution is 0.0706. The second-order valence-corrected chi connectivity index (χ2v) is 2.73. The molecule has 0 unspecified atom stereocenters. The number of hydrogen-bond donors (Lipinski definition) is 2. The van der Waals surface area contributed by atoms with Gasteiger partial charge in [-0.05, 0) is 6.07 Å². The van der Waals surface area contributed by atoms with Crippen molar-refractivity contribution in [1.29, 1.82) is 0 Å². The molecule has 0 aliphatic rings. The van der Waals surface area contributed by atoms with Crippen LogP contribution in [0.2, 0.25) is 10.2 Å². The SMILES string of the molecule is O=C(NO)c1cc(Cl)cnc1Cl. The van der Waals surface area contributed by atoms with Crippen molar-refractivity contribution >= 4 is 29.1 Å². The molecule has 0 aromatic carbocycles. The molecule has 1 amide bonds. The molecule has 0 atom stereocenters. The molecular formula is C6H4Cl2N2O2. The maximum atomic E-state index is 10.8. The average Bonchev–Trinajstić information content (AvgIpc) is 2.08. The molecule has 1 aromatic heterocycles. The fourth-order valence-corrected chi connectivity index (χ4v) is 0.989. The first kappa shape index (κ1) is 9.25. The first-order valence-electron chi connectivity index (χ1n) is 2.90. The zero-order chi connectivity index (χ0) is 9.14. The molecule has 0 fully saturated rings. The Labute approximate surface area is 78.1 Å². The van der Waals surface area contributed by atoms with Crippen LogP contribution in [0.4, 0.5) is 0 Å². The van der Waals surface area contributed by atoms with E-state index in [4.69, 9.17) is 28.4 Å². The Kier molecular flexibility index (Phi) is 2.86. The maximum Gasteiger partial charge on any atom is 0.277 e. The van der Waals surface area contributed by atoms with Crippen LogP contribution in [0.25, 0.3) is 0 Å². The highest BCUT2D eigenvalue weighted by Gasteiger charge is 2.10. The minimum atomic E-state index is -0.741. The van der Waals surface area contributed by atoms with Gasteiger partial charge in [-0.15, -0.1) is 0 Å². The lowest BCUT2D eigenvalue weighted by Crippen LogP contribution is -2.19. The Morgan fingerprint density at radius 2 is 2.25 bits per heavy atom. The lowest BCUT2D eigenvalue weighted by Gasteiger charge is -2.00. The van der Waals surface area contributed by atoms with Crippen molar-refractivity contribution in [2.75, 3.05) is 0 Å². The maximum absolute atomic E-state index is 10.8. The molecule has 0 saturated heterocycles. The fraction of sp³-hybridized carbons (Fsp3) is 0. The van der Waals surface area contributed by atoms with E-state index in [-0.39, 0.29) is 15.7 Å². The number of nitrogens with one attached hydrogen (secondary N) is 1. The molecular weight excluding hydrogens is 203 g/mol. The van der Waals surface area contributed by atoms with E-state index in [1.807, 2.05) is 0 Å². The number of aromatic nitrogens is 1. The summed E-state index contributed by atoms with van der Waals surface area (Å²) in [4.78, 5) is 14.5. The van der Waals surface area contributed by atoms with Crippen molar-refractivity contribution in [3.05, 3.63) is 28.0 Å². The van der Waals surface area contributed by atoms with Gasteiger partial charge in [-0.1, -0.05) is 23.2 Å². The minimum absolute atomic E-state index is 0.00838. The van der Waals surface area contributed by atoms with E-state index in [2.05, 4.69) is 4.98 Å². The van der Waals surface area contributed by atoms with E-state index in [0.29, 0.717) is 0 Å². The number of halogens is 2. The number of amides is 1. The van der Waals surface area contributed by atoms with Crippen LogP contribution in [0.3, 0.4) is 0 Å². The van der Waals surface area contributed by atoms with Crippen LogP contribution in [-0.4, -0.2) is 16.1 Å². The van der Waals surface area contributed by atoms with Gasteiger partial charge in [0.25, 0.3) is 5.91 Å². The van der Waals surface area contributed by atoms with E-state index in [1.165, 1.54) is 17.7 Å². The Balaban J connectivity index is 3.13. The summed E-state index contributed by atoms with van der Waals surface area (Å²) in [5, 5.41) is 8.54. The second-order valence-electron chi connectivity index (χ2n) is 1.93. The predicted molar refractivity (Wildman–Crippen MR) is 43.5 cm³/mol. The number of nitrogens with zero attached hydrogens (tertiary/aromatic N) is 1. The van der Waals surface area contributed by atoms with Crippen molar-refractivity contribution in [2.24, 2.45) is 0 Å². The highest BCUT2D eigenvalue weighted by atomic mass is 35.5. The van der Waals surface area contributed by atoms with E-state index >= 15 is 0 Å². The zero-order valence-electron chi connectivity index (χ0n) is 5.71. The summed E-state index contributed by atoms with van der Waals surface area (Å²) in [6.45, 7) is 0. The van der Waals surface area contributed by atoms with Crippen LogP contribution in [0.15, 0.2) is 12.3 Å². The largest absolute Gasteiger partial charge is 0.288 e. The van der Waals surface area contributed by atoms with Crippen LogP contribution in [0.1, 0.15) is 10.4 Å². The number of rotatable bonds is 1. The van der Waals surface area contributed by atoms with Crippen LogP contribution >= 0.6 is 23.2 Å². The van der Waals surface area contributed by atoms with Gasteiger partial charge in [0.1, 0.15) is 5.15 Å². The number of carbonyl (C=O) groups excluding carboxylic acids is 1. The third-order valence-electron chi connectivity index (χ3n) is 1.15. The number of pyridine rings is 1. The molecule has 12 heavy (non-hydrogen) atoms. The normalized spacial score (nSPS) is 9.58. The standard InChI is InChI=1S/C6H4Cl2N2O2/c7-3-1-4(6(11)10-12)5(8)9-2-3/h1-2,12H,(H,10,11). The lowest BCUT2D eigenvalue weighted by atomic mass is 10.3. The molecule has 0 aliphatic heterocycles. The zero-order valence-corrected chi connectivity index (χ0v) is 7.23. The van der Waals surface area contributed by atoms with Crippen molar-refractivity contribution < 1.29 is 10.0 Å². The van der Waals surface area contributed by atoms with Gasteiger partial charge < -0.3 is 0 Å². The summed E-state index contributed by atoms with van der Waals surface area (Å²) in [6, 6.07) is 1.31. The van der Waals surface area contributed by atoms with Crippen molar-refractivity contribution in [3.8, 4) is 0 Å². The van der Waals surface area contributed by atoms with Gasteiger partial charge in [-0.3, -0.25) is 10.0 Å². The van der Waals surface area contributed by atoms with Gasteiger partial charge in [0, 0.05) is 6.20 Å². The van der Waals surface area contributed by atoms with Gasteiger partial charge >= 0.3 is 0 Å². The molecule has 2 N–H and O–H groups in total. The molecule has 1 heterocycles. The summed E-state index contributed by atoms with van der Waals surface area (Å²) >= 11 is 11.1. The van der Waals surface area contributed by atoms with Gasteiger partial charge in [0.15, 0.2) is 0 Å². The molecule has 0 spiro atoms. The molecule has 1 rings (SSSR count). The second kappa shape index (κ2) is 3.71. The Hall–Kier alpha value is -0.840. The molecule has 0 aliphatic carbocycles. The van der Waals surface area contributed by atoms with Crippen molar-refractivity contribution in [3.63, 3.8) is 0 Å². The number of hydroxylamine groups is 1. The van der Waals surface area contributed by atoms with Gasteiger partial charge in [0.05, 0.1) is 10.6 Å². The van der Waals surface area contributed by atoms with Crippen LogP contribution in [0.5, 0.6) is 0 Å². The van der Waals surface area contributed by atoms with Crippen LogP contribution in [-0.2, 0) is 0 Å². The van der Waals surface area contributed by atoms with Gasteiger partial charge in [0.2, 0.25) is 0 Å². The van der Waals surface area contributed by atoms with Gasteiger partial charge in [-0.25, -0.2) is 10.5 Å². The summed E-state index contributed by atoms with van der Waals surface area (Å²) in [7, 11) is 0. The van der Waals surface area contributed by atoms with Crippen LogP contribution in [0, 0.1) is 0 Å². The third kappa shape index (κ3) is 1.85. The molecule has 0 radical (unpaired) electrons. The number of hydrogen-bond acceptors (Lipinski definition) is 3. The van der Waals surface area contributed by atoms with E-state index < -0.39 is 5.91 Å². The van der Waals surface area contributed by atoms with Gasteiger partial charge in [-0.2, -0.15) is 0 Å². The van der Waals surface area contributed by atoms with E-state index in [0.717, 1.165) is 0 Å². The third-order valence-corrected chi connectivity index (χ3v) is 1.66. The minimum Gasteiger partial charge on any atom is -0.288 e. The van der Waals surface area contributed by atoms with Crippen molar-refractivity contribution in [1.82, 2.24) is 10.5 Å². The van der Waals surface area contributed by atoms with Crippen LogP contribution < -0.4 is 5.48 Å². The smallest absolute Gasteiger partial charge is 0.277 e. The average molecular weight is 207 g/mol. The van der Waals surface area contributed by atoms with E-state index in [1.54, 1.807) is 0 Å². The summed E-state index contributed by atoms with van der Waals surface area (Å²) in [5.74, 6) is -0.741. The molecule has 0 saturated carbocycles. The predicted octanol–water partition coefficient (Wildman–Crippen LogP) is 1.51. The molecule has 4 nitrogen and oxygen atoms in total. The molecule has 6 heteroatoms. The molecule has 64 valence electrons. The molecule has 1 aromatic rings. The Morgan fingerprint density at radius 1 is 1.58 bits per heavy atom. The topological polar surface area (TPSA) is 62.2 Å². The molecule has 0 bridgehead atoms. The monoisotopic (exact) mass is 206 g/mol. The first-order valence-corrected chi connectivity index (χ1v) is 3.66. The first-order chi connectivity index (χ1) is 5.65. The highest BCUT2D eigenvalue weighted by Crippen LogP contribution is 2.16. The quantitative estimate of drug-likeness (QED) is 0.416. The Bertz CT molecular complexity index is 316. The summed E-state index contributed by atoms with van der Waals surface area (Å²) in [5.41, 5.74) is 1.46. The Morgan fingerprint density at radius 3 is 2.83 bits per heavy atom. The summed E-state index contributed by atoms with van der Waals surface area (Å²) < 4.78 is 0. The highest BCUT2D eigenvalue weighted by molar-refractivity contribution is 6.34. The van der Waals surface area contributed by atoms with Crippen molar-refractivity contribution in [2.45, 2.75) is 0 Å². The summed E-state index contributed by atoms with van der Waals surface area (Å²) in [6.07, 6.45) is 1.30.